The van der Waals surface area contributed by atoms with Crippen molar-refractivity contribution in [3.8, 4) is 5.75 Å². The maximum absolute atomic E-state index is 12.4. The number of rotatable bonds is 4. The Hall–Kier alpha value is -1.07. The van der Waals surface area contributed by atoms with E-state index in [-0.39, 0.29) is 18.1 Å². The van der Waals surface area contributed by atoms with E-state index in [4.69, 9.17) is 9.47 Å². The molecular formula is C15H18BrNO3. The standard InChI is InChI=1S/C15H18BrNO3/c1-19-13-8-10(16)4-5-11(13)15(18)17-12-6-7-20-14(12)9-2-3-9/h4-5,8-9,12,14H,2-3,6-7H2,1H3,(H,17,18). The number of ether oxygens (including phenoxy) is 2. The summed E-state index contributed by atoms with van der Waals surface area (Å²) in [5.41, 5.74) is 0.567. The number of amides is 1. The maximum Gasteiger partial charge on any atom is 0.255 e. The van der Waals surface area contributed by atoms with Gasteiger partial charge in [0.25, 0.3) is 5.91 Å². The summed E-state index contributed by atoms with van der Waals surface area (Å²) < 4.78 is 11.9. The first-order valence-corrected chi connectivity index (χ1v) is 7.74. The number of halogens is 1. The Kier molecular flexibility index (Phi) is 3.98. The van der Waals surface area contributed by atoms with Crippen molar-refractivity contribution in [3.05, 3.63) is 28.2 Å². The summed E-state index contributed by atoms with van der Waals surface area (Å²) in [5, 5.41) is 3.10. The molecule has 1 N–H and O–H groups in total. The molecule has 0 bridgehead atoms. The lowest BCUT2D eigenvalue weighted by atomic mass is 10.1. The number of hydrogen-bond donors (Lipinski definition) is 1. The van der Waals surface area contributed by atoms with Crippen LogP contribution in [0.1, 0.15) is 29.6 Å². The summed E-state index contributed by atoms with van der Waals surface area (Å²) in [6.07, 6.45) is 3.53. The quantitative estimate of drug-likeness (QED) is 0.917. The predicted octanol–water partition coefficient (Wildman–Crippen LogP) is 2.76. The zero-order valence-electron chi connectivity index (χ0n) is 11.4. The Bertz CT molecular complexity index is 516. The lowest BCUT2D eigenvalue weighted by Gasteiger charge is -2.20. The first-order chi connectivity index (χ1) is 9.69. The molecular weight excluding hydrogens is 322 g/mol. The van der Waals surface area contributed by atoms with Crippen LogP contribution in [0.15, 0.2) is 22.7 Å². The molecule has 1 aliphatic carbocycles. The van der Waals surface area contributed by atoms with Gasteiger partial charge >= 0.3 is 0 Å². The van der Waals surface area contributed by atoms with E-state index in [1.807, 2.05) is 6.07 Å². The molecule has 2 atom stereocenters. The minimum atomic E-state index is -0.0875. The fraction of sp³-hybridized carbons (Fsp3) is 0.533. The third-order valence-corrected chi connectivity index (χ3v) is 4.44. The Balaban J connectivity index is 1.72. The Morgan fingerprint density at radius 3 is 2.90 bits per heavy atom. The predicted molar refractivity (Wildman–Crippen MR) is 79.0 cm³/mol. The zero-order valence-corrected chi connectivity index (χ0v) is 13.0. The van der Waals surface area contributed by atoms with Crippen LogP contribution in [0, 0.1) is 5.92 Å². The summed E-state index contributed by atoms with van der Waals surface area (Å²) in [5.74, 6) is 1.13. The smallest absolute Gasteiger partial charge is 0.255 e. The van der Waals surface area contributed by atoms with Gasteiger partial charge in [-0.1, -0.05) is 15.9 Å². The highest BCUT2D eigenvalue weighted by Crippen LogP contribution is 2.39. The molecule has 0 radical (unpaired) electrons. The highest BCUT2D eigenvalue weighted by molar-refractivity contribution is 9.10. The van der Waals surface area contributed by atoms with Crippen molar-refractivity contribution in [2.75, 3.05) is 13.7 Å². The lowest BCUT2D eigenvalue weighted by Crippen LogP contribution is -2.41. The van der Waals surface area contributed by atoms with E-state index in [1.54, 1.807) is 19.2 Å². The number of benzene rings is 1. The van der Waals surface area contributed by atoms with Crippen molar-refractivity contribution < 1.29 is 14.3 Å². The van der Waals surface area contributed by atoms with Gasteiger partial charge in [0.1, 0.15) is 5.75 Å². The molecule has 4 nitrogen and oxygen atoms in total. The summed E-state index contributed by atoms with van der Waals surface area (Å²) in [7, 11) is 1.57. The molecule has 2 fully saturated rings. The second-order valence-corrected chi connectivity index (χ2v) is 6.30. The zero-order chi connectivity index (χ0) is 14.1. The average molecular weight is 340 g/mol. The fourth-order valence-corrected chi connectivity index (χ4v) is 3.09. The van der Waals surface area contributed by atoms with Gasteiger partial charge in [-0.3, -0.25) is 4.79 Å². The number of carbonyl (C=O) groups excluding carboxylic acids is 1. The van der Waals surface area contributed by atoms with Crippen LogP contribution in [-0.4, -0.2) is 31.8 Å². The van der Waals surface area contributed by atoms with Crippen LogP contribution < -0.4 is 10.1 Å². The topological polar surface area (TPSA) is 47.6 Å². The highest BCUT2D eigenvalue weighted by atomic mass is 79.9. The van der Waals surface area contributed by atoms with Crippen LogP contribution in [0.3, 0.4) is 0 Å². The third-order valence-electron chi connectivity index (χ3n) is 3.95. The fourth-order valence-electron chi connectivity index (χ4n) is 2.75. The molecule has 3 rings (SSSR count). The van der Waals surface area contributed by atoms with Gasteiger partial charge in [-0.05, 0) is 43.4 Å². The van der Waals surface area contributed by atoms with Crippen molar-refractivity contribution in [1.29, 1.82) is 0 Å². The normalized spacial score (nSPS) is 25.5. The van der Waals surface area contributed by atoms with Crippen LogP contribution in [0.2, 0.25) is 0 Å². The largest absolute Gasteiger partial charge is 0.496 e. The molecule has 5 heteroatoms. The molecule has 1 amide bonds. The minimum absolute atomic E-state index is 0.0875. The SMILES string of the molecule is COc1cc(Br)ccc1C(=O)NC1CCOC1C1CC1. The average Bonchev–Trinajstić information content (AvgIpc) is 3.19. The van der Waals surface area contributed by atoms with Crippen LogP contribution in [0.4, 0.5) is 0 Å². The molecule has 1 aromatic carbocycles. The second kappa shape index (κ2) is 5.74. The Morgan fingerprint density at radius 2 is 2.20 bits per heavy atom. The van der Waals surface area contributed by atoms with Gasteiger partial charge in [-0.2, -0.15) is 0 Å². The van der Waals surface area contributed by atoms with Gasteiger partial charge in [-0.15, -0.1) is 0 Å². The first-order valence-electron chi connectivity index (χ1n) is 6.95. The Morgan fingerprint density at radius 1 is 1.40 bits per heavy atom. The van der Waals surface area contributed by atoms with Gasteiger partial charge in [0.05, 0.1) is 24.8 Å². The van der Waals surface area contributed by atoms with E-state index in [0.29, 0.717) is 17.2 Å². The van der Waals surface area contributed by atoms with Crippen LogP contribution >= 0.6 is 15.9 Å². The molecule has 1 saturated heterocycles. The molecule has 1 heterocycles. The lowest BCUT2D eigenvalue weighted by molar-refractivity contribution is 0.0728. The minimum Gasteiger partial charge on any atom is -0.496 e. The van der Waals surface area contributed by atoms with Crippen LogP contribution in [-0.2, 0) is 4.74 Å². The third kappa shape index (κ3) is 2.83. The van der Waals surface area contributed by atoms with Gasteiger partial charge < -0.3 is 14.8 Å². The van der Waals surface area contributed by atoms with Crippen molar-refractivity contribution in [1.82, 2.24) is 5.32 Å². The van der Waals surface area contributed by atoms with E-state index in [9.17, 15) is 4.79 Å². The van der Waals surface area contributed by atoms with Gasteiger partial charge in [0.2, 0.25) is 0 Å². The molecule has 1 aliphatic heterocycles. The van der Waals surface area contributed by atoms with Gasteiger partial charge in [0, 0.05) is 11.1 Å². The molecule has 2 aliphatic rings. The van der Waals surface area contributed by atoms with E-state index in [2.05, 4.69) is 21.2 Å². The number of carbonyl (C=O) groups is 1. The summed E-state index contributed by atoms with van der Waals surface area (Å²) in [6, 6.07) is 5.56. The van der Waals surface area contributed by atoms with Crippen LogP contribution in [0.25, 0.3) is 0 Å². The van der Waals surface area contributed by atoms with E-state index < -0.39 is 0 Å². The molecule has 2 unspecified atom stereocenters. The van der Waals surface area contributed by atoms with Crippen LogP contribution in [0.5, 0.6) is 5.75 Å². The number of nitrogens with one attached hydrogen (secondary N) is 1. The van der Waals surface area contributed by atoms with Crippen molar-refractivity contribution in [2.24, 2.45) is 5.92 Å². The van der Waals surface area contributed by atoms with E-state index in [1.165, 1.54) is 12.8 Å². The monoisotopic (exact) mass is 339 g/mol. The Labute approximate surface area is 127 Å². The van der Waals surface area contributed by atoms with Crippen molar-refractivity contribution in [2.45, 2.75) is 31.4 Å². The molecule has 0 spiro atoms. The highest BCUT2D eigenvalue weighted by Gasteiger charge is 2.41. The molecule has 20 heavy (non-hydrogen) atoms. The molecule has 1 aromatic rings. The number of hydrogen-bond acceptors (Lipinski definition) is 3. The van der Waals surface area contributed by atoms with Crippen molar-refractivity contribution in [3.63, 3.8) is 0 Å². The van der Waals surface area contributed by atoms with Gasteiger partial charge in [-0.25, -0.2) is 0 Å². The molecule has 1 saturated carbocycles. The summed E-state index contributed by atoms with van der Waals surface area (Å²) in [6.45, 7) is 0.740. The molecule has 108 valence electrons. The summed E-state index contributed by atoms with van der Waals surface area (Å²) in [4.78, 5) is 12.4. The summed E-state index contributed by atoms with van der Waals surface area (Å²) >= 11 is 3.38. The second-order valence-electron chi connectivity index (χ2n) is 5.39. The van der Waals surface area contributed by atoms with Gasteiger partial charge in [0.15, 0.2) is 0 Å². The number of methoxy groups -OCH3 is 1. The van der Waals surface area contributed by atoms with E-state index in [0.717, 1.165) is 17.5 Å². The van der Waals surface area contributed by atoms with E-state index >= 15 is 0 Å². The molecule has 0 aromatic heterocycles. The maximum atomic E-state index is 12.4. The first kappa shape index (κ1) is 13.9. The van der Waals surface area contributed by atoms with Crippen molar-refractivity contribution >= 4 is 21.8 Å².